The molecule has 0 heterocycles. The van der Waals surface area contributed by atoms with Crippen LogP contribution in [0.15, 0.2) is 0 Å². The van der Waals surface area contributed by atoms with Crippen LogP contribution in [0.4, 0.5) is 0 Å². The smallest absolute Gasteiger partial charge is 0.178 e. The molecular weight excluding hydrogens is 216 g/mol. The van der Waals surface area contributed by atoms with Crippen LogP contribution in [0, 0.1) is 0 Å². The van der Waals surface area contributed by atoms with Crippen LogP contribution in [0.3, 0.4) is 0 Å². The van der Waals surface area contributed by atoms with Gasteiger partial charge in [-0.05, 0) is 30.2 Å². The second kappa shape index (κ2) is 8.53. The lowest BCUT2D eigenvalue weighted by Gasteiger charge is -2.33. The number of hydrogen-bond donors (Lipinski definition) is 0. The van der Waals surface area contributed by atoms with Gasteiger partial charge in [0, 0.05) is 0 Å². The molecular formula is C12H30OSi2. The van der Waals surface area contributed by atoms with Crippen molar-refractivity contribution < 1.29 is 4.12 Å². The van der Waals surface area contributed by atoms with E-state index in [0.717, 1.165) is 0 Å². The molecule has 0 aromatic carbocycles. The summed E-state index contributed by atoms with van der Waals surface area (Å²) in [6.45, 7) is 11.6. The van der Waals surface area contributed by atoms with Gasteiger partial charge in [-0.15, -0.1) is 0 Å². The Morgan fingerprint density at radius 2 is 1.20 bits per heavy atom. The van der Waals surface area contributed by atoms with Crippen LogP contribution in [0.25, 0.3) is 0 Å². The lowest BCUT2D eigenvalue weighted by atomic mass is 10.6. The topological polar surface area (TPSA) is 9.23 Å². The summed E-state index contributed by atoms with van der Waals surface area (Å²) in [7, 11) is -2.14. The molecule has 0 aromatic rings. The van der Waals surface area contributed by atoms with E-state index in [0.29, 0.717) is 0 Å². The predicted octanol–water partition coefficient (Wildman–Crippen LogP) is 4.55. The minimum Gasteiger partial charge on any atom is -0.457 e. The average Bonchev–Trinajstić information content (AvgIpc) is 2.27. The van der Waals surface area contributed by atoms with Crippen molar-refractivity contribution in [1.82, 2.24) is 0 Å². The van der Waals surface area contributed by atoms with E-state index >= 15 is 0 Å². The minimum absolute atomic E-state index is 0.850. The summed E-state index contributed by atoms with van der Waals surface area (Å²) >= 11 is 0. The Kier molecular flexibility index (Phi) is 8.76. The van der Waals surface area contributed by atoms with Crippen molar-refractivity contribution in [3.8, 4) is 0 Å². The maximum Gasteiger partial charge on any atom is 0.178 e. The molecule has 0 N–H and O–H groups in total. The van der Waals surface area contributed by atoms with E-state index in [-0.39, 0.29) is 0 Å². The molecule has 0 bridgehead atoms. The maximum atomic E-state index is 6.64. The zero-order valence-corrected chi connectivity index (χ0v) is 13.6. The highest BCUT2D eigenvalue weighted by Gasteiger charge is 2.31. The van der Waals surface area contributed by atoms with Crippen molar-refractivity contribution >= 4 is 17.4 Å². The van der Waals surface area contributed by atoms with Crippen LogP contribution in [0.2, 0.25) is 30.2 Å². The van der Waals surface area contributed by atoms with Gasteiger partial charge < -0.3 is 4.12 Å². The monoisotopic (exact) mass is 246 g/mol. The molecule has 15 heavy (non-hydrogen) atoms. The Labute approximate surface area is 99.5 Å². The SMILES string of the molecule is CCC[SiH](CCC)O[Si](CC)(CC)CC. The second-order valence-corrected chi connectivity index (χ2v) is 12.4. The highest BCUT2D eigenvalue weighted by atomic mass is 28.4. The second-order valence-electron chi connectivity index (χ2n) is 4.56. The first kappa shape index (κ1) is 15.4. The Balaban J connectivity index is 4.30. The third kappa shape index (κ3) is 5.32. The van der Waals surface area contributed by atoms with Gasteiger partial charge in [-0.2, -0.15) is 0 Å². The van der Waals surface area contributed by atoms with Crippen molar-refractivity contribution in [2.24, 2.45) is 0 Å². The van der Waals surface area contributed by atoms with Gasteiger partial charge in [0.1, 0.15) is 0 Å². The van der Waals surface area contributed by atoms with Crippen molar-refractivity contribution in [3.63, 3.8) is 0 Å². The summed E-state index contributed by atoms with van der Waals surface area (Å²) in [4.78, 5) is 0. The van der Waals surface area contributed by atoms with Crippen molar-refractivity contribution in [2.45, 2.75) is 77.7 Å². The van der Waals surface area contributed by atoms with Gasteiger partial charge in [-0.25, -0.2) is 0 Å². The fourth-order valence-electron chi connectivity index (χ4n) is 2.26. The summed E-state index contributed by atoms with van der Waals surface area (Å²) in [6.07, 6.45) is 2.64. The molecule has 0 aliphatic rings. The van der Waals surface area contributed by atoms with E-state index in [4.69, 9.17) is 4.12 Å². The largest absolute Gasteiger partial charge is 0.457 e. The molecule has 0 aliphatic heterocycles. The van der Waals surface area contributed by atoms with E-state index in [1.54, 1.807) is 0 Å². The molecule has 0 fully saturated rings. The number of hydrogen-bond acceptors (Lipinski definition) is 1. The molecule has 0 amide bonds. The van der Waals surface area contributed by atoms with Crippen molar-refractivity contribution in [1.29, 1.82) is 0 Å². The first-order chi connectivity index (χ1) is 7.17. The lowest BCUT2D eigenvalue weighted by Crippen LogP contribution is -2.41. The fraction of sp³-hybridized carbons (Fsp3) is 1.00. The van der Waals surface area contributed by atoms with Crippen LogP contribution in [0.5, 0.6) is 0 Å². The molecule has 3 heteroatoms. The molecule has 0 unspecified atom stereocenters. The quantitative estimate of drug-likeness (QED) is 0.542. The maximum absolute atomic E-state index is 6.64. The Morgan fingerprint density at radius 3 is 1.47 bits per heavy atom. The first-order valence-corrected chi connectivity index (χ1v) is 11.5. The summed E-state index contributed by atoms with van der Waals surface area (Å²) in [5.41, 5.74) is 0. The molecule has 0 radical (unpaired) electrons. The molecule has 92 valence electrons. The summed E-state index contributed by atoms with van der Waals surface area (Å²) in [5.74, 6) is 0. The lowest BCUT2D eigenvalue weighted by molar-refractivity contribution is 0.534. The van der Waals surface area contributed by atoms with Crippen LogP contribution >= 0.6 is 0 Å². The highest BCUT2D eigenvalue weighted by Crippen LogP contribution is 2.25. The summed E-state index contributed by atoms with van der Waals surface area (Å²) in [6, 6.07) is 6.73. The highest BCUT2D eigenvalue weighted by molar-refractivity contribution is 6.80. The predicted molar refractivity (Wildman–Crippen MR) is 75.6 cm³/mol. The van der Waals surface area contributed by atoms with Gasteiger partial charge in [0.15, 0.2) is 17.4 Å². The molecule has 0 saturated heterocycles. The molecule has 0 saturated carbocycles. The Hall–Kier alpha value is 0.394. The van der Waals surface area contributed by atoms with Gasteiger partial charge in [0.25, 0.3) is 0 Å². The molecule has 0 rings (SSSR count). The first-order valence-electron chi connectivity index (χ1n) is 6.85. The van der Waals surface area contributed by atoms with Crippen LogP contribution in [-0.4, -0.2) is 17.4 Å². The van der Waals surface area contributed by atoms with Gasteiger partial charge in [-0.1, -0.05) is 47.5 Å². The normalized spacial score (nSPS) is 12.4. The third-order valence-corrected chi connectivity index (χ3v) is 13.2. The Morgan fingerprint density at radius 1 is 0.800 bits per heavy atom. The number of rotatable bonds is 9. The standard InChI is InChI=1S/C12H30OSi2/c1-6-11-14(12-7-2)13-15(8-3,9-4)10-5/h14H,6-12H2,1-5H3. The van der Waals surface area contributed by atoms with Gasteiger partial charge in [0.05, 0.1) is 0 Å². The van der Waals surface area contributed by atoms with E-state index in [2.05, 4.69) is 34.6 Å². The van der Waals surface area contributed by atoms with Crippen molar-refractivity contribution in [3.05, 3.63) is 0 Å². The van der Waals surface area contributed by atoms with Gasteiger partial charge in [-0.3, -0.25) is 0 Å². The van der Waals surface area contributed by atoms with E-state index in [1.165, 1.54) is 43.1 Å². The zero-order chi connectivity index (χ0) is 11.7. The molecule has 0 atom stereocenters. The molecule has 0 aliphatic carbocycles. The van der Waals surface area contributed by atoms with Crippen molar-refractivity contribution in [2.75, 3.05) is 0 Å². The molecule has 0 spiro atoms. The van der Waals surface area contributed by atoms with E-state index in [9.17, 15) is 0 Å². The molecule has 0 aromatic heterocycles. The van der Waals surface area contributed by atoms with Crippen LogP contribution in [-0.2, 0) is 4.12 Å². The van der Waals surface area contributed by atoms with E-state index < -0.39 is 17.4 Å². The zero-order valence-electron chi connectivity index (χ0n) is 11.4. The third-order valence-electron chi connectivity index (χ3n) is 3.57. The van der Waals surface area contributed by atoms with Gasteiger partial charge in [0.2, 0.25) is 0 Å². The van der Waals surface area contributed by atoms with Crippen LogP contribution < -0.4 is 0 Å². The van der Waals surface area contributed by atoms with Gasteiger partial charge >= 0.3 is 0 Å². The minimum atomic E-state index is -1.29. The van der Waals surface area contributed by atoms with E-state index in [1.807, 2.05) is 0 Å². The summed E-state index contributed by atoms with van der Waals surface area (Å²) in [5, 5.41) is 0. The summed E-state index contributed by atoms with van der Waals surface area (Å²) < 4.78 is 6.64. The average molecular weight is 247 g/mol. The Bertz CT molecular complexity index is 132. The van der Waals surface area contributed by atoms with Crippen LogP contribution in [0.1, 0.15) is 47.5 Å². The fourth-order valence-corrected chi connectivity index (χ4v) is 11.1. The molecule has 1 nitrogen and oxygen atoms in total.